The monoisotopic (exact) mass is 261 g/mol. The zero-order chi connectivity index (χ0) is 13.5. The molecular weight excluding hydrogens is 234 g/mol. The molecule has 0 radical (unpaired) electrons. The first kappa shape index (κ1) is 14.4. The van der Waals surface area contributed by atoms with Crippen LogP contribution in [0.15, 0.2) is 24.3 Å². The van der Waals surface area contributed by atoms with E-state index in [4.69, 9.17) is 4.74 Å². The summed E-state index contributed by atoms with van der Waals surface area (Å²) in [6.45, 7) is 5.99. The first-order valence-corrected chi connectivity index (χ1v) is 7.81. The maximum Gasteiger partial charge on any atom is 0.119 e. The lowest BCUT2D eigenvalue weighted by Gasteiger charge is -2.31. The fraction of sp³-hybridized carbons (Fsp3) is 0.647. The molecule has 2 rings (SSSR count). The van der Waals surface area contributed by atoms with E-state index in [1.807, 2.05) is 6.92 Å². The molecule has 19 heavy (non-hydrogen) atoms. The Balaban J connectivity index is 2.08. The van der Waals surface area contributed by atoms with Crippen molar-refractivity contribution in [2.45, 2.75) is 52.0 Å². The lowest BCUT2D eigenvalue weighted by atomic mass is 9.81. The van der Waals surface area contributed by atoms with Gasteiger partial charge in [-0.25, -0.2) is 0 Å². The van der Waals surface area contributed by atoms with Crippen molar-refractivity contribution in [3.63, 3.8) is 0 Å². The zero-order valence-electron chi connectivity index (χ0n) is 12.3. The van der Waals surface area contributed by atoms with E-state index in [2.05, 4.69) is 36.5 Å². The standard InChI is InChI=1S/C17H27NO/c1-3-18-17(14-8-6-5-7-9-14)15-10-12-16(13-11-15)19-4-2/h10-14,17-18H,3-9H2,1-2H3. The highest BCUT2D eigenvalue weighted by molar-refractivity contribution is 5.29. The number of ether oxygens (including phenoxy) is 1. The summed E-state index contributed by atoms with van der Waals surface area (Å²) in [5.41, 5.74) is 1.41. The summed E-state index contributed by atoms with van der Waals surface area (Å²) in [5.74, 6) is 1.77. The van der Waals surface area contributed by atoms with Crippen molar-refractivity contribution in [2.24, 2.45) is 5.92 Å². The van der Waals surface area contributed by atoms with Crippen LogP contribution in [-0.4, -0.2) is 13.2 Å². The normalized spacial score (nSPS) is 18.2. The summed E-state index contributed by atoms with van der Waals surface area (Å²) in [5, 5.41) is 3.68. The van der Waals surface area contributed by atoms with Crippen LogP contribution >= 0.6 is 0 Å². The molecule has 1 saturated carbocycles. The van der Waals surface area contributed by atoms with Crippen molar-refractivity contribution in [3.8, 4) is 5.75 Å². The average Bonchev–Trinajstić information content (AvgIpc) is 2.47. The third-order valence-electron chi connectivity index (χ3n) is 4.10. The molecule has 1 aliphatic carbocycles. The Hall–Kier alpha value is -1.02. The van der Waals surface area contributed by atoms with Gasteiger partial charge in [0.2, 0.25) is 0 Å². The molecule has 1 aromatic carbocycles. The van der Waals surface area contributed by atoms with E-state index in [-0.39, 0.29) is 0 Å². The molecule has 2 heteroatoms. The van der Waals surface area contributed by atoms with E-state index in [0.717, 1.165) is 24.8 Å². The molecule has 0 amide bonds. The molecule has 106 valence electrons. The van der Waals surface area contributed by atoms with Gasteiger partial charge in [0, 0.05) is 6.04 Å². The minimum absolute atomic E-state index is 0.515. The van der Waals surface area contributed by atoms with Gasteiger partial charge in [-0.15, -0.1) is 0 Å². The molecule has 1 N–H and O–H groups in total. The topological polar surface area (TPSA) is 21.3 Å². The summed E-state index contributed by atoms with van der Waals surface area (Å²) < 4.78 is 5.53. The average molecular weight is 261 g/mol. The summed E-state index contributed by atoms with van der Waals surface area (Å²) in [4.78, 5) is 0. The van der Waals surface area contributed by atoms with Crippen LogP contribution in [0.25, 0.3) is 0 Å². The molecule has 1 aromatic rings. The quantitative estimate of drug-likeness (QED) is 0.823. The molecule has 0 saturated heterocycles. The Labute approximate surface area is 117 Å². The van der Waals surface area contributed by atoms with Gasteiger partial charge in [-0.05, 0) is 49.9 Å². The molecule has 0 heterocycles. The van der Waals surface area contributed by atoms with E-state index in [9.17, 15) is 0 Å². The number of hydrogen-bond donors (Lipinski definition) is 1. The highest BCUT2D eigenvalue weighted by Crippen LogP contribution is 2.34. The Morgan fingerprint density at radius 3 is 2.37 bits per heavy atom. The molecule has 1 fully saturated rings. The smallest absolute Gasteiger partial charge is 0.119 e. The van der Waals surface area contributed by atoms with E-state index >= 15 is 0 Å². The van der Waals surface area contributed by atoms with E-state index in [1.165, 1.54) is 37.7 Å². The maximum atomic E-state index is 5.53. The number of rotatable bonds is 6. The van der Waals surface area contributed by atoms with Crippen molar-refractivity contribution in [1.29, 1.82) is 0 Å². The van der Waals surface area contributed by atoms with Crippen LogP contribution < -0.4 is 10.1 Å². The van der Waals surface area contributed by atoms with E-state index < -0.39 is 0 Å². The summed E-state index contributed by atoms with van der Waals surface area (Å²) in [7, 11) is 0. The van der Waals surface area contributed by atoms with Crippen molar-refractivity contribution >= 4 is 0 Å². The largest absolute Gasteiger partial charge is 0.494 e. The molecule has 0 aliphatic heterocycles. The van der Waals surface area contributed by atoms with Crippen molar-refractivity contribution < 1.29 is 4.74 Å². The first-order valence-electron chi connectivity index (χ1n) is 7.81. The molecule has 0 aromatic heterocycles. The van der Waals surface area contributed by atoms with Crippen LogP contribution in [0.1, 0.15) is 57.6 Å². The second-order valence-electron chi connectivity index (χ2n) is 5.44. The zero-order valence-corrected chi connectivity index (χ0v) is 12.3. The molecule has 1 atom stereocenters. The fourth-order valence-electron chi connectivity index (χ4n) is 3.18. The number of nitrogens with one attached hydrogen (secondary N) is 1. The van der Waals surface area contributed by atoms with E-state index in [0.29, 0.717) is 6.04 Å². The van der Waals surface area contributed by atoms with Crippen LogP contribution in [-0.2, 0) is 0 Å². The lowest BCUT2D eigenvalue weighted by Crippen LogP contribution is -2.29. The molecular formula is C17H27NO. The SMILES string of the molecule is CCNC(c1ccc(OCC)cc1)C1CCCCC1. The van der Waals surface area contributed by atoms with Crippen molar-refractivity contribution in [1.82, 2.24) is 5.32 Å². The lowest BCUT2D eigenvalue weighted by molar-refractivity contribution is 0.274. The third-order valence-corrected chi connectivity index (χ3v) is 4.10. The van der Waals surface area contributed by atoms with Gasteiger partial charge in [-0.2, -0.15) is 0 Å². The Morgan fingerprint density at radius 2 is 1.79 bits per heavy atom. The van der Waals surface area contributed by atoms with Gasteiger partial charge in [0.15, 0.2) is 0 Å². The second-order valence-corrected chi connectivity index (χ2v) is 5.44. The second kappa shape index (κ2) is 7.54. The van der Waals surface area contributed by atoms with Crippen LogP contribution in [0.5, 0.6) is 5.75 Å². The summed E-state index contributed by atoms with van der Waals surface area (Å²) >= 11 is 0. The van der Waals surface area contributed by atoms with Gasteiger partial charge in [0.1, 0.15) is 5.75 Å². The van der Waals surface area contributed by atoms with Gasteiger partial charge in [-0.3, -0.25) is 0 Å². The fourth-order valence-corrected chi connectivity index (χ4v) is 3.18. The first-order chi connectivity index (χ1) is 9.35. The van der Waals surface area contributed by atoms with Gasteiger partial charge in [0.25, 0.3) is 0 Å². The van der Waals surface area contributed by atoms with Crippen LogP contribution in [0.4, 0.5) is 0 Å². The Kier molecular flexibility index (Phi) is 5.71. The third kappa shape index (κ3) is 3.97. The van der Waals surface area contributed by atoms with Crippen LogP contribution in [0, 0.1) is 5.92 Å². The van der Waals surface area contributed by atoms with Gasteiger partial charge < -0.3 is 10.1 Å². The molecule has 1 unspecified atom stereocenters. The van der Waals surface area contributed by atoms with Crippen LogP contribution in [0.3, 0.4) is 0 Å². The Morgan fingerprint density at radius 1 is 1.11 bits per heavy atom. The van der Waals surface area contributed by atoms with Gasteiger partial charge >= 0.3 is 0 Å². The molecule has 0 bridgehead atoms. The van der Waals surface area contributed by atoms with Crippen LogP contribution in [0.2, 0.25) is 0 Å². The summed E-state index contributed by atoms with van der Waals surface area (Å²) in [6.07, 6.45) is 6.93. The maximum absolute atomic E-state index is 5.53. The highest BCUT2D eigenvalue weighted by Gasteiger charge is 2.24. The van der Waals surface area contributed by atoms with Crippen molar-refractivity contribution in [3.05, 3.63) is 29.8 Å². The van der Waals surface area contributed by atoms with Gasteiger partial charge in [0.05, 0.1) is 6.61 Å². The predicted octanol–water partition coefficient (Wildman–Crippen LogP) is 4.32. The molecule has 1 aliphatic rings. The number of benzene rings is 1. The highest BCUT2D eigenvalue weighted by atomic mass is 16.5. The Bertz CT molecular complexity index is 354. The van der Waals surface area contributed by atoms with Crippen molar-refractivity contribution in [2.75, 3.05) is 13.2 Å². The number of hydrogen-bond acceptors (Lipinski definition) is 2. The van der Waals surface area contributed by atoms with Gasteiger partial charge in [-0.1, -0.05) is 38.3 Å². The minimum Gasteiger partial charge on any atom is -0.494 e. The summed E-state index contributed by atoms with van der Waals surface area (Å²) in [6, 6.07) is 9.18. The molecule has 2 nitrogen and oxygen atoms in total. The van der Waals surface area contributed by atoms with E-state index in [1.54, 1.807) is 0 Å². The molecule has 0 spiro atoms. The predicted molar refractivity (Wildman–Crippen MR) is 80.6 cm³/mol. The minimum atomic E-state index is 0.515.